The predicted octanol–water partition coefficient (Wildman–Crippen LogP) is 8.66. The van der Waals surface area contributed by atoms with Gasteiger partial charge in [0.15, 0.2) is 5.75 Å². The maximum absolute atomic E-state index is 15.0. The zero-order valence-electron chi connectivity index (χ0n) is 40.2. The number of rotatable bonds is 17. The lowest BCUT2D eigenvalue weighted by Crippen LogP contribution is -2.63. The molecule has 2 aromatic carbocycles. The minimum Gasteiger partial charge on any atom is -0.473 e. The highest BCUT2D eigenvalue weighted by molar-refractivity contribution is 7.90. The molecule has 1 spiro atoms. The zero-order chi connectivity index (χ0) is 49.4. The molecule has 5 heterocycles. The number of sulfonamides is 1. The number of carbonyl (C=O) groups excluding carboxylic acids is 1. The summed E-state index contributed by atoms with van der Waals surface area (Å²) in [4.78, 5) is 41.3. The third-order valence-corrected chi connectivity index (χ3v) is 16.4. The number of methoxy groups -OCH3 is 1. The molecule has 374 valence electrons. The second-order valence-corrected chi connectivity index (χ2v) is 22.0. The molecule has 2 aliphatic carbocycles. The van der Waals surface area contributed by atoms with Crippen molar-refractivity contribution in [2.24, 2.45) is 11.3 Å². The third-order valence-electron chi connectivity index (χ3n) is 15.1. The number of piperidine rings is 1. The monoisotopic (exact) mass is 982 g/mol. The first-order valence-electron chi connectivity index (χ1n) is 24.4. The van der Waals surface area contributed by atoms with Crippen molar-refractivity contribution < 1.29 is 41.8 Å². The summed E-state index contributed by atoms with van der Waals surface area (Å²) in [5, 5.41) is 25.6. The van der Waals surface area contributed by atoms with Crippen molar-refractivity contribution in [2.75, 3.05) is 63.3 Å². The number of nitrogens with zero attached hydrogens (tertiary/aromatic N) is 5. The van der Waals surface area contributed by atoms with Crippen LogP contribution in [-0.4, -0.2) is 109 Å². The summed E-state index contributed by atoms with van der Waals surface area (Å²) in [6.45, 7) is 10.5. The van der Waals surface area contributed by atoms with Gasteiger partial charge in [0.05, 0.1) is 34.3 Å². The molecule has 70 heavy (non-hydrogen) atoms. The van der Waals surface area contributed by atoms with Crippen molar-refractivity contribution in [3.05, 3.63) is 99.6 Å². The lowest BCUT2D eigenvalue weighted by molar-refractivity contribution is -0.384. The molecule has 2 aliphatic heterocycles. The fourth-order valence-electron chi connectivity index (χ4n) is 11.0. The van der Waals surface area contributed by atoms with E-state index in [1.807, 2.05) is 0 Å². The van der Waals surface area contributed by atoms with Crippen LogP contribution >= 0.6 is 0 Å². The first-order valence-corrected chi connectivity index (χ1v) is 25.9. The van der Waals surface area contributed by atoms with E-state index in [1.54, 1.807) is 19.1 Å². The van der Waals surface area contributed by atoms with Crippen LogP contribution < -0.4 is 24.4 Å². The van der Waals surface area contributed by atoms with E-state index in [4.69, 9.17) is 14.2 Å². The van der Waals surface area contributed by atoms with Crippen LogP contribution in [0.5, 0.6) is 17.4 Å². The number of hydrogen-bond acceptors (Lipinski definition) is 14. The zero-order valence-corrected chi connectivity index (χ0v) is 41.0. The van der Waals surface area contributed by atoms with Crippen molar-refractivity contribution in [1.82, 2.24) is 24.6 Å². The number of aliphatic hydroxyl groups is 1. The summed E-state index contributed by atoms with van der Waals surface area (Å²) < 4.78 is 62.2. The Labute approximate surface area is 407 Å². The van der Waals surface area contributed by atoms with E-state index in [-0.39, 0.29) is 64.3 Å². The largest absolute Gasteiger partial charge is 0.473 e. The summed E-state index contributed by atoms with van der Waals surface area (Å²) in [5.74, 6) is -0.778. The number of benzene rings is 2. The summed E-state index contributed by atoms with van der Waals surface area (Å²) in [7, 11) is -3.23. The summed E-state index contributed by atoms with van der Waals surface area (Å²) >= 11 is 0. The van der Waals surface area contributed by atoms with Crippen LogP contribution in [0.1, 0.15) is 112 Å². The summed E-state index contributed by atoms with van der Waals surface area (Å²) in [6.07, 6.45) is 10.3. The average Bonchev–Trinajstić information content (AvgIpc) is 3.96. The molecule has 17 nitrogen and oxygen atoms in total. The van der Waals surface area contributed by atoms with Crippen LogP contribution in [0.25, 0.3) is 11.0 Å². The smallest absolute Gasteiger partial charge is 0.312 e. The molecular formula is C51H63FN8O9S. The normalized spacial score (nSPS) is 22.6. The topological polar surface area (TPSA) is 214 Å². The van der Waals surface area contributed by atoms with Crippen LogP contribution in [0.2, 0.25) is 0 Å². The number of amides is 1. The minimum absolute atomic E-state index is 0.0233. The van der Waals surface area contributed by atoms with Crippen LogP contribution in [0.3, 0.4) is 0 Å². The highest BCUT2D eigenvalue weighted by atomic mass is 32.2. The molecule has 0 unspecified atom stereocenters. The Morgan fingerprint density at radius 3 is 2.51 bits per heavy atom. The number of anilines is 2. The van der Waals surface area contributed by atoms with Gasteiger partial charge in [0.2, 0.25) is 5.82 Å². The van der Waals surface area contributed by atoms with E-state index in [9.17, 15) is 32.8 Å². The van der Waals surface area contributed by atoms with Crippen molar-refractivity contribution in [1.29, 1.82) is 0 Å². The molecule has 2 atom stereocenters. The summed E-state index contributed by atoms with van der Waals surface area (Å²) in [5.41, 5.74) is 2.55. The molecule has 19 heteroatoms. The highest BCUT2D eigenvalue weighted by Gasteiger charge is 2.49. The van der Waals surface area contributed by atoms with Crippen LogP contribution in [0.4, 0.5) is 21.6 Å². The van der Waals surface area contributed by atoms with Crippen molar-refractivity contribution in [3.8, 4) is 17.4 Å². The van der Waals surface area contributed by atoms with E-state index in [0.717, 1.165) is 63.2 Å². The van der Waals surface area contributed by atoms with Gasteiger partial charge in [0.25, 0.3) is 21.8 Å². The molecule has 2 saturated heterocycles. The second kappa shape index (κ2) is 20.1. The molecule has 3 aromatic heterocycles. The fraction of sp³-hybridized carbons (Fsp3) is 0.510. The Morgan fingerprint density at radius 1 is 1.03 bits per heavy atom. The first-order chi connectivity index (χ1) is 33.5. The molecule has 4 fully saturated rings. The van der Waals surface area contributed by atoms with Crippen molar-refractivity contribution in [2.45, 2.75) is 107 Å². The number of likely N-dealkylation sites (tertiary alicyclic amines) is 1. The first kappa shape index (κ1) is 49.1. The molecule has 1 amide bonds. The van der Waals surface area contributed by atoms with Gasteiger partial charge in [-0.05, 0) is 105 Å². The highest BCUT2D eigenvalue weighted by Crippen LogP contribution is 2.49. The Bertz CT molecular complexity index is 2830. The maximum Gasteiger partial charge on any atom is 0.312 e. The number of ether oxygens (including phenoxy) is 3. The molecule has 2 saturated carbocycles. The predicted molar refractivity (Wildman–Crippen MR) is 263 cm³/mol. The Hall–Kier alpha value is -5.89. The van der Waals surface area contributed by atoms with Crippen molar-refractivity contribution in [3.63, 3.8) is 0 Å². The number of aromatic nitrogens is 3. The maximum atomic E-state index is 15.0. The molecule has 9 rings (SSSR count). The second-order valence-electron chi connectivity index (χ2n) is 20.3. The third kappa shape index (κ3) is 10.4. The lowest BCUT2D eigenvalue weighted by atomic mass is 9.70. The average molecular weight is 983 g/mol. The van der Waals surface area contributed by atoms with Gasteiger partial charge in [0.1, 0.15) is 28.7 Å². The number of halogens is 1. The molecule has 0 radical (unpaired) electrons. The molecule has 5 aromatic rings. The Balaban J connectivity index is 0.945. The number of carbonyl (C=O) groups is 1. The van der Waals surface area contributed by atoms with Gasteiger partial charge in [-0.2, -0.15) is 4.98 Å². The Kier molecular flexibility index (Phi) is 14.1. The van der Waals surface area contributed by atoms with E-state index < -0.39 is 42.9 Å². The van der Waals surface area contributed by atoms with Crippen LogP contribution in [0, 0.1) is 27.3 Å². The molecule has 4 aliphatic rings. The van der Waals surface area contributed by atoms with Crippen LogP contribution in [-0.2, 0) is 14.8 Å². The van der Waals surface area contributed by atoms with E-state index >= 15 is 0 Å². The van der Waals surface area contributed by atoms with Gasteiger partial charge in [0, 0.05) is 76.0 Å². The lowest BCUT2D eigenvalue weighted by Gasteiger charge is -2.57. The quantitative estimate of drug-likeness (QED) is 0.0390. The number of H-pyrrole nitrogens is 1. The number of hydrogen-bond donors (Lipinski definition) is 4. The van der Waals surface area contributed by atoms with Crippen LogP contribution in [0.15, 0.2) is 71.9 Å². The van der Waals surface area contributed by atoms with Gasteiger partial charge >= 0.3 is 5.69 Å². The SMILES string of the molecule is COCCOc1nc2[nH]cc(F)c2cc1Oc1cc(N2CCC3(CC2)CN([C@@H]2CCC[C@@H]2c2ccccc2C(C)C)C3)ccc1C(=O)NS(=O)(=O)c1cnc(NC[C@H]2CC[C@](C)(O)CC2)c([N+](=O)[O-])c1. The number of aromatic amines is 1. The minimum atomic E-state index is -4.74. The molecule has 4 N–H and O–H groups in total. The van der Waals surface area contributed by atoms with Gasteiger partial charge in [-0.3, -0.25) is 19.8 Å². The Morgan fingerprint density at radius 2 is 1.79 bits per heavy atom. The van der Waals surface area contributed by atoms with E-state index in [1.165, 1.54) is 49.6 Å². The van der Waals surface area contributed by atoms with Gasteiger partial charge in [-0.1, -0.05) is 44.5 Å². The fourth-order valence-corrected chi connectivity index (χ4v) is 12.0. The van der Waals surface area contributed by atoms with Gasteiger partial charge in [-0.15, -0.1) is 0 Å². The van der Waals surface area contributed by atoms with E-state index in [2.05, 4.69) is 72.9 Å². The molecule has 0 bridgehead atoms. The van der Waals surface area contributed by atoms with E-state index in [0.29, 0.717) is 50.1 Å². The number of nitrogens with one attached hydrogen (secondary N) is 3. The van der Waals surface area contributed by atoms with Gasteiger partial charge in [-0.25, -0.2) is 22.5 Å². The van der Waals surface area contributed by atoms with Gasteiger partial charge < -0.3 is 34.5 Å². The number of fused-ring (bicyclic) bond motifs is 1. The number of nitro groups is 1. The summed E-state index contributed by atoms with van der Waals surface area (Å²) in [6, 6.07) is 16.6. The number of pyridine rings is 2. The van der Waals surface area contributed by atoms with Crippen molar-refractivity contribution >= 4 is 44.2 Å². The molecular weight excluding hydrogens is 920 g/mol. The standard InChI is InChI=1S/C51H63FN8O9S/c1-32(2)36-8-5-6-9-37(36)38-10-7-11-42(38)59-30-51(31-59)18-20-58(21-19-51)34-12-13-39(44(24-34)69-45-26-40-41(52)29-55-46(40)56-49(45)68-23-22-67-4)48(61)57-70(65,66)35-25-43(60(63)64)47(54-28-35)53-27-33-14-16-50(3,62)17-15-33/h5-6,8-9,12-13,24-26,28-29,32-33,38,42,62H,7,10-11,14-23,27,30-31H2,1-4H3,(H,53,54)(H,55,56)(H,57,61)/t33-,38-,42-,50-/m1/s1.